The van der Waals surface area contributed by atoms with E-state index in [0.29, 0.717) is 0 Å². The zero-order valence-corrected chi connectivity index (χ0v) is 8.74. The third-order valence-corrected chi connectivity index (χ3v) is 1.66. The number of hydrogen-bond acceptors (Lipinski definition) is 1. The fourth-order valence-electron chi connectivity index (χ4n) is 0. The van der Waals surface area contributed by atoms with Crippen LogP contribution in [0.15, 0.2) is 0 Å². The van der Waals surface area contributed by atoms with Crippen LogP contribution in [0.1, 0.15) is 0 Å². The fourth-order valence-corrected chi connectivity index (χ4v) is 0. The Morgan fingerprint density at radius 2 is 1.50 bits per heavy atom. The third kappa shape index (κ3) is 15.8. The fraction of sp³-hybridized carbons (Fsp3) is 0.600. The van der Waals surface area contributed by atoms with Crippen molar-refractivity contribution < 1.29 is 4.43 Å². The SMILES string of the molecule is [CH2-][Si](C)(C)OC.[CH3-].[Mg+2]. The van der Waals surface area contributed by atoms with Crippen molar-refractivity contribution in [3.63, 3.8) is 0 Å². The summed E-state index contributed by atoms with van der Waals surface area (Å²) in [4.78, 5) is 0. The van der Waals surface area contributed by atoms with Gasteiger partial charge in [0.25, 0.3) is 0 Å². The maximum Gasteiger partial charge on any atom is 2.00 e. The van der Waals surface area contributed by atoms with E-state index in [1.54, 1.807) is 7.11 Å². The summed E-state index contributed by atoms with van der Waals surface area (Å²) in [6.45, 7) is 7.90. The minimum absolute atomic E-state index is 0. The maximum absolute atomic E-state index is 4.97. The predicted molar refractivity (Wildman–Crippen MR) is 42.0 cm³/mol. The molecule has 0 rings (SSSR count). The summed E-state index contributed by atoms with van der Waals surface area (Å²) >= 11 is 0. The first-order valence-electron chi connectivity index (χ1n) is 1.97. The second-order valence-electron chi connectivity index (χ2n) is 1.96. The standard InChI is InChI=1S/C4H11OSi.CH3.Mg/c1-5-6(2,3)4;;/h2H2,1,3-4H3;1H3;/q2*-1;+2. The van der Waals surface area contributed by atoms with E-state index in [9.17, 15) is 0 Å². The first-order chi connectivity index (χ1) is 2.56. The molecule has 0 aliphatic rings. The topological polar surface area (TPSA) is 9.23 Å². The Hall–Kier alpha value is 0.943. The van der Waals surface area contributed by atoms with Crippen molar-refractivity contribution in [2.75, 3.05) is 7.11 Å². The van der Waals surface area contributed by atoms with Crippen molar-refractivity contribution in [3.8, 4) is 0 Å². The van der Waals surface area contributed by atoms with Crippen LogP contribution in [0.3, 0.4) is 0 Å². The van der Waals surface area contributed by atoms with Gasteiger partial charge in [-0.1, -0.05) is 13.1 Å². The Bertz CT molecular complexity index is 42.2. The number of rotatable bonds is 1. The molecular formula is C5H14MgOSi. The first-order valence-corrected chi connectivity index (χ1v) is 5.08. The molecule has 0 aromatic carbocycles. The summed E-state index contributed by atoms with van der Waals surface area (Å²) in [5.74, 6) is 0. The van der Waals surface area contributed by atoms with Crippen LogP contribution in [0.4, 0.5) is 0 Å². The molecule has 0 amide bonds. The maximum atomic E-state index is 4.97. The molecule has 0 spiro atoms. The third-order valence-electron chi connectivity index (χ3n) is 0.553. The zero-order valence-electron chi connectivity index (χ0n) is 6.32. The molecule has 0 aliphatic carbocycles. The predicted octanol–water partition coefficient (Wildman–Crippen LogP) is 1.28. The van der Waals surface area contributed by atoms with E-state index in [4.69, 9.17) is 4.43 Å². The zero-order chi connectivity index (χ0) is 5.21. The van der Waals surface area contributed by atoms with Gasteiger partial charge in [-0.3, -0.25) is 0 Å². The van der Waals surface area contributed by atoms with Gasteiger partial charge in [-0.15, -0.1) is 0 Å². The summed E-state index contributed by atoms with van der Waals surface area (Å²) in [6, 6.07) is 0. The van der Waals surface area contributed by atoms with Crippen LogP contribution in [0, 0.1) is 14.0 Å². The van der Waals surface area contributed by atoms with Gasteiger partial charge in [0.1, 0.15) is 0 Å². The van der Waals surface area contributed by atoms with E-state index in [2.05, 4.69) is 6.55 Å². The minimum Gasteiger partial charge on any atom is -0.452 e. The molecule has 3 heteroatoms. The van der Waals surface area contributed by atoms with Gasteiger partial charge < -0.3 is 18.4 Å². The average molecular weight is 143 g/mol. The van der Waals surface area contributed by atoms with E-state index >= 15 is 0 Å². The summed E-state index contributed by atoms with van der Waals surface area (Å²) in [6.07, 6.45) is 0. The monoisotopic (exact) mass is 142 g/mol. The Morgan fingerprint density at radius 1 is 1.38 bits per heavy atom. The van der Waals surface area contributed by atoms with E-state index < -0.39 is 8.32 Å². The molecule has 0 saturated heterocycles. The van der Waals surface area contributed by atoms with E-state index in [-0.39, 0.29) is 30.5 Å². The Labute approximate surface area is 70.1 Å². The molecular weight excluding hydrogens is 128 g/mol. The largest absolute Gasteiger partial charge is 2.00 e. The molecule has 0 bridgehead atoms. The molecule has 0 atom stereocenters. The van der Waals surface area contributed by atoms with Gasteiger partial charge in [0.2, 0.25) is 0 Å². The molecule has 0 aromatic rings. The van der Waals surface area contributed by atoms with Crippen LogP contribution in [0.2, 0.25) is 13.1 Å². The van der Waals surface area contributed by atoms with Crippen LogP contribution >= 0.6 is 0 Å². The van der Waals surface area contributed by atoms with Crippen molar-refractivity contribution in [3.05, 3.63) is 14.0 Å². The molecule has 0 aromatic heterocycles. The van der Waals surface area contributed by atoms with Gasteiger partial charge in [-0.05, 0) is 0 Å². The van der Waals surface area contributed by atoms with Crippen LogP contribution in [-0.4, -0.2) is 38.5 Å². The van der Waals surface area contributed by atoms with Crippen molar-refractivity contribution >= 4 is 31.4 Å². The summed E-state index contributed by atoms with van der Waals surface area (Å²) in [5.41, 5.74) is 0. The van der Waals surface area contributed by atoms with Crippen LogP contribution in [-0.2, 0) is 4.43 Å². The summed E-state index contributed by atoms with van der Waals surface area (Å²) in [5, 5.41) is 0. The van der Waals surface area contributed by atoms with Crippen LogP contribution in [0.5, 0.6) is 0 Å². The molecule has 0 radical (unpaired) electrons. The van der Waals surface area contributed by atoms with Gasteiger partial charge in [-0.25, -0.2) is 0 Å². The smallest absolute Gasteiger partial charge is 0.452 e. The second-order valence-corrected chi connectivity index (χ2v) is 5.89. The molecule has 8 heavy (non-hydrogen) atoms. The van der Waals surface area contributed by atoms with Crippen molar-refractivity contribution in [1.82, 2.24) is 0 Å². The van der Waals surface area contributed by atoms with Crippen molar-refractivity contribution in [2.45, 2.75) is 13.1 Å². The first kappa shape index (κ1) is 16.0. The van der Waals surface area contributed by atoms with Gasteiger partial charge in [0, 0.05) is 15.4 Å². The Balaban J connectivity index is -0.000000125. The van der Waals surface area contributed by atoms with Gasteiger partial charge in [0.05, 0.1) is 0 Å². The summed E-state index contributed by atoms with van der Waals surface area (Å²) < 4.78 is 4.97. The molecule has 0 N–H and O–H groups in total. The normalized spacial score (nSPS) is 9.00. The minimum atomic E-state index is -1.38. The number of hydrogen-bond donors (Lipinski definition) is 0. The molecule has 0 heterocycles. The van der Waals surface area contributed by atoms with E-state index in [1.807, 2.05) is 13.1 Å². The average Bonchev–Trinajstić information content (AvgIpc) is 1.35. The van der Waals surface area contributed by atoms with Crippen molar-refractivity contribution in [1.29, 1.82) is 0 Å². The molecule has 0 saturated carbocycles. The van der Waals surface area contributed by atoms with Gasteiger partial charge in [-0.2, -0.15) is 0 Å². The molecule has 0 aliphatic heterocycles. The quantitative estimate of drug-likeness (QED) is 0.396. The summed E-state index contributed by atoms with van der Waals surface area (Å²) in [7, 11) is 0.326. The van der Waals surface area contributed by atoms with Crippen LogP contribution in [0.25, 0.3) is 0 Å². The van der Waals surface area contributed by atoms with E-state index in [0.717, 1.165) is 0 Å². The van der Waals surface area contributed by atoms with E-state index in [1.165, 1.54) is 0 Å². The molecule has 0 fully saturated rings. The van der Waals surface area contributed by atoms with Crippen LogP contribution < -0.4 is 0 Å². The Kier molecular flexibility index (Phi) is 12.1. The second kappa shape index (κ2) is 6.07. The Morgan fingerprint density at radius 3 is 1.50 bits per heavy atom. The van der Waals surface area contributed by atoms with Crippen molar-refractivity contribution in [2.24, 2.45) is 0 Å². The molecule has 0 unspecified atom stereocenters. The molecule has 46 valence electrons. The van der Waals surface area contributed by atoms with Gasteiger partial charge >= 0.3 is 23.1 Å². The van der Waals surface area contributed by atoms with Gasteiger partial charge in [0.15, 0.2) is 0 Å². The molecule has 1 nitrogen and oxygen atoms in total.